The Hall–Kier alpha value is -5.75. The number of amides is 1. The predicted molar refractivity (Wildman–Crippen MR) is 442 cm³/mol. The van der Waals surface area contributed by atoms with Crippen LogP contribution in [0.4, 0.5) is 11.6 Å². The number of Topliss-reactive ketones (excluding diaryl/α,β-unsaturated/α-hetero) is 2. The number of ketones is 2. The van der Waals surface area contributed by atoms with Crippen LogP contribution < -0.4 is 130 Å². The second-order valence-electron chi connectivity index (χ2n) is 21.7. The van der Waals surface area contributed by atoms with Crippen LogP contribution >= 0.6 is 73.1 Å². The third-order valence-electron chi connectivity index (χ3n) is 13.4. The second kappa shape index (κ2) is 80.8. The zero-order valence-electron chi connectivity index (χ0n) is 68.6. The van der Waals surface area contributed by atoms with E-state index in [-0.39, 0.29) is 221 Å². The summed E-state index contributed by atoms with van der Waals surface area (Å²) in [5, 5.41) is 72.5. The van der Waals surface area contributed by atoms with E-state index >= 15 is 0 Å². The smallest absolute Gasteiger partial charge is 1.00 e. The number of halogens is 6. The van der Waals surface area contributed by atoms with E-state index in [1.165, 1.54) is 56.7 Å². The third kappa shape index (κ3) is 62.2. The first-order chi connectivity index (χ1) is 55.1. The maximum Gasteiger partial charge on any atom is 1.00 e. The molecule has 0 spiro atoms. The van der Waals surface area contributed by atoms with E-state index in [2.05, 4.69) is 111 Å². The number of nitrogens with two attached hydrogens (primary N) is 1. The summed E-state index contributed by atoms with van der Waals surface area (Å²) in [7, 11) is 5.00. The molecule has 1 amide bonds. The van der Waals surface area contributed by atoms with Crippen molar-refractivity contribution >= 4 is 134 Å². The Morgan fingerprint density at radius 1 is 0.585 bits per heavy atom. The number of nitrogens with zero attached hydrogens (tertiary/aromatic N) is 11. The number of primary amides is 1. The van der Waals surface area contributed by atoms with E-state index in [1.54, 1.807) is 73.8 Å². The molecule has 0 bridgehead atoms. The third-order valence-corrected chi connectivity index (χ3v) is 14.4. The minimum atomic E-state index is -3.22. The molecule has 8 aromatic rings. The van der Waals surface area contributed by atoms with Crippen molar-refractivity contribution in [1.29, 1.82) is 10.7 Å². The quantitative estimate of drug-likeness (QED) is 0.00417. The van der Waals surface area contributed by atoms with Gasteiger partial charge in [-0.1, -0.05) is 84.3 Å². The summed E-state index contributed by atoms with van der Waals surface area (Å²) >= 11 is 21.6. The van der Waals surface area contributed by atoms with Crippen molar-refractivity contribution in [1.82, 2.24) is 46.0 Å². The first kappa shape index (κ1) is 133. The minimum Gasteiger partial charge on any atom is -1.00 e. The fraction of sp³-hybridized carbons (Fsp3) is 0.324. The topological polar surface area (TPSA) is 590 Å². The fourth-order valence-corrected chi connectivity index (χ4v) is 8.62. The zero-order chi connectivity index (χ0) is 85.9. The molecule has 655 valence electrons. The molecule has 123 heavy (non-hydrogen) atoms. The molecule has 14 N–H and O–H groups in total. The molecule has 0 unspecified atom stereocenters. The molecule has 3 aliphatic rings. The molecule has 11 rings (SSSR count). The number of aromatic carboxylic acids is 2. The Balaban J connectivity index is -0.000000170. The number of hydrogen-bond acceptors (Lipinski definition) is 31. The van der Waals surface area contributed by atoms with Crippen molar-refractivity contribution in [3.05, 3.63) is 248 Å². The van der Waals surface area contributed by atoms with Gasteiger partial charge in [0.15, 0.2) is 0 Å². The summed E-state index contributed by atoms with van der Waals surface area (Å²) in [5.74, 6) is -3.27. The van der Waals surface area contributed by atoms with E-state index in [1.807, 2.05) is 42.5 Å². The van der Waals surface area contributed by atoms with Crippen molar-refractivity contribution in [3.63, 3.8) is 0 Å². The van der Waals surface area contributed by atoms with Crippen LogP contribution in [0, 0.1) is 29.9 Å². The zero-order valence-corrected chi connectivity index (χ0v) is 82.9. The number of nitriles is 1. The van der Waals surface area contributed by atoms with Gasteiger partial charge in [-0.3, -0.25) is 24.4 Å². The molecule has 0 aliphatic carbocycles. The first-order valence-corrected chi connectivity index (χ1v) is 39.7. The van der Waals surface area contributed by atoms with Gasteiger partial charge >= 0.3 is 112 Å². The Morgan fingerprint density at radius 3 is 1.33 bits per heavy atom. The molecule has 0 aromatic carbocycles. The molecule has 49 heteroatoms. The maximum atomic E-state index is 11.0. The number of hydrogen-bond donors (Lipinski definition) is 9. The average Bonchev–Trinajstić information content (AvgIpc) is 0.990. The summed E-state index contributed by atoms with van der Waals surface area (Å²) < 4.78 is 51.0. The maximum absolute atomic E-state index is 11.0. The predicted octanol–water partition coefficient (Wildman–Crippen LogP) is -3.21. The number of aromatic nitrogens is 8. The standard InChI is InChI=1S/C12H16N2O3.C11H12N2O2.C9H9NO4.C9H11NO3.C7H5ClN2.C7H5IN2.C7H8N2O2.C7H5NO4.C4H8O2.CH3O.B.Cl3OP.HI.H3N.3Na.Ni.H2O.H/c1-15-12(13)11-4-2-3-9(14-11)7-17-10-5-6-16-8-10;12-6-9-2-1-3-10(13-9)7-15-11-4-5-14-8-11;1-14-9(13)7-4-2-3-6(10-7)8(12)5-11;1-13-6-7-3-2-4-8(10-7)9(12)5-11;2*1-9-7-4-2-3-6(5-8)10-7;8-7(11)6-3-1-2-5(4-10)9-6;9-6(10)4-2-1-3-5(8-4)7(11)12;5-4-1-2-6-3-4;1-2;;1-5(2,3)4;;;;;;;;/h2-4,10,13H,5-8H2,1H3;1-3,11H,4-5,7-8H2;2-4,11H,5H2,1H3;2-4,11H,5-6H2,1H3;2*2-4H,5H2;1-3,10H,4H2,(H2,8,11);1-3H,(H,9,10)(H,11,12);4-5H,1-3H2;1H3;;;1H;1H3;;;;;1H2;/q;;;;;;;;;-1;;;;;3*+1;;;-1/p-1/t10-;11-;;;;;;;4-;;;;;;;;;;;/m00......0.........../s1. The second-order valence-corrected chi connectivity index (χ2v) is 29.4. The van der Waals surface area contributed by atoms with Crippen molar-refractivity contribution < 1.29 is 243 Å². The number of pyridine rings is 8. The van der Waals surface area contributed by atoms with Crippen LogP contribution in [-0.2, 0) is 95.7 Å². The fourth-order valence-electron chi connectivity index (χ4n) is 8.05. The van der Waals surface area contributed by atoms with E-state index in [9.17, 15) is 33.3 Å². The van der Waals surface area contributed by atoms with Gasteiger partial charge in [0, 0.05) is 51.8 Å². The molecule has 3 aliphatic heterocycles. The SMILES string of the molecule is COC(=N)c1cccc(CO[C@H]2CCOC2)n1.COC(=O)c1cccc(C(=O)CO)n1.COCc1cccc(C(=O)CO)n1.C[O-].N.N#Cc1cccc(CO[C@H]2CCOC2)n1.NC(=O)c1cccc(CO)n1.O.O=C(O)c1cccc(C(=O)O)n1.O=P(Cl)(Cl)Cl.O[C@H]1CCOC1.[B].[C-]#[N+]c1cccc(CCl)n1.[C-]#[N+]c1cccc(CI)n1.[H-].[I-].[Na+].[Na+].[Na+].[Ni]. The van der Waals surface area contributed by atoms with Gasteiger partial charge in [0.25, 0.3) is 17.5 Å². The molecule has 3 atom stereocenters. The number of carbonyl (C=O) groups excluding carboxylic acids is 4. The van der Waals surface area contributed by atoms with Gasteiger partial charge in [-0.2, -0.15) is 12.4 Å². The number of methoxy groups -OCH3 is 3. The number of rotatable bonds is 20. The van der Waals surface area contributed by atoms with E-state index in [0.717, 1.165) is 73.4 Å². The molecule has 3 radical (unpaired) electrons. The summed E-state index contributed by atoms with van der Waals surface area (Å²) in [6.07, 6.45) is 2.87. The van der Waals surface area contributed by atoms with Crippen LogP contribution in [0.2, 0.25) is 0 Å². The molecule has 3 saturated heterocycles. The number of aliphatic hydroxyl groups is 4. The van der Waals surface area contributed by atoms with Gasteiger partial charge in [-0.15, -0.1) is 21.6 Å². The number of carbonyl (C=O) groups is 6. The van der Waals surface area contributed by atoms with Crippen molar-refractivity contribution in [3.8, 4) is 6.07 Å². The van der Waals surface area contributed by atoms with Crippen LogP contribution in [0.25, 0.3) is 9.69 Å². The molecular formula is C74H88BCl4I2N14Na3NiO23P. The summed E-state index contributed by atoms with van der Waals surface area (Å²) in [6, 6.07) is 41.5. The average molecular weight is 2110 g/mol. The van der Waals surface area contributed by atoms with Gasteiger partial charge in [0.1, 0.15) is 76.2 Å². The normalized spacial score (nSPS) is 12.7. The first-order valence-electron chi connectivity index (χ1n) is 33.2. The number of carboxylic acid groups (broad SMARTS) is 2. The molecule has 8 aromatic heterocycles. The van der Waals surface area contributed by atoms with Crippen molar-refractivity contribution in [2.75, 3.05) is 81.3 Å². The van der Waals surface area contributed by atoms with E-state index in [4.69, 9.17) is 110 Å². The number of aliphatic hydroxyl groups excluding tert-OH is 4. The van der Waals surface area contributed by atoms with Crippen LogP contribution in [0.3, 0.4) is 0 Å². The monoisotopic (exact) mass is 2100 g/mol. The summed E-state index contributed by atoms with van der Waals surface area (Å²) in [4.78, 5) is 102. The number of ether oxygens (including phenoxy) is 8. The summed E-state index contributed by atoms with van der Waals surface area (Å²) in [5.41, 5.74) is 10.4. The van der Waals surface area contributed by atoms with Crippen molar-refractivity contribution in [2.24, 2.45) is 5.73 Å². The van der Waals surface area contributed by atoms with Crippen LogP contribution in [0.1, 0.15) is 129 Å². The van der Waals surface area contributed by atoms with Crippen LogP contribution in [-0.4, -0.2) is 225 Å². The molecule has 0 saturated carbocycles. The largest absolute Gasteiger partial charge is 1.00 e. The Morgan fingerprint density at radius 2 is 0.951 bits per heavy atom. The van der Waals surface area contributed by atoms with E-state index < -0.39 is 48.0 Å². The summed E-state index contributed by atoms with van der Waals surface area (Å²) in [6.45, 7) is 17.4. The van der Waals surface area contributed by atoms with Crippen LogP contribution in [0.5, 0.6) is 0 Å². The number of alkyl halides is 2. The molecule has 11 heterocycles. The molecule has 3 fully saturated rings. The molecular weight excluding hydrogens is 2020 g/mol. The number of esters is 1. The Labute approximate surface area is 840 Å². The minimum absolute atomic E-state index is 0. The van der Waals surface area contributed by atoms with Gasteiger partial charge in [-0.25, -0.2) is 44.3 Å². The molecule has 37 nitrogen and oxygen atoms in total. The van der Waals surface area contributed by atoms with Gasteiger partial charge < -0.3 is 126 Å². The van der Waals surface area contributed by atoms with Gasteiger partial charge in [0.05, 0.1) is 112 Å². The number of carboxylic acids is 2. The van der Waals surface area contributed by atoms with E-state index in [0.29, 0.717) is 79.9 Å². The number of nitrogens with one attached hydrogen (secondary N) is 1. The van der Waals surface area contributed by atoms with Gasteiger partial charge in [-0.05, 0) is 150 Å². The van der Waals surface area contributed by atoms with Gasteiger partial charge in [0.2, 0.25) is 17.5 Å². The van der Waals surface area contributed by atoms with Crippen molar-refractivity contribution in [2.45, 2.75) is 74.3 Å². The Bertz CT molecular complexity index is 4400. The van der Waals surface area contributed by atoms with Crippen LogP contribution in [0.15, 0.2) is 146 Å². The Kier molecular flexibility index (Phi) is 87.2.